The van der Waals surface area contributed by atoms with Crippen molar-refractivity contribution in [1.29, 1.82) is 0 Å². The lowest BCUT2D eigenvalue weighted by Gasteiger charge is -2.39. The fraction of sp³-hybridized carbons (Fsp3) is 0.325. The van der Waals surface area contributed by atoms with Crippen LogP contribution >= 0.6 is 0 Å². The molecule has 6 rings (SSSR count). The number of piperazine rings is 1. The molecule has 2 aliphatic rings. The van der Waals surface area contributed by atoms with Gasteiger partial charge in [-0.15, -0.1) is 0 Å². The second-order valence-electron chi connectivity index (χ2n) is 12.8. The monoisotopic (exact) mass is 697 g/mol. The minimum Gasteiger partial charge on any atom is -0.378 e. The van der Waals surface area contributed by atoms with Crippen LogP contribution in [0.25, 0.3) is 6.08 Å². The molecule has 3 heterocycles. The highest BCUT2D eigenvalue weighted by Gasteiger charge is 2.34. The fourth-order valence-corrected chi connectivity index (χ4v) is 6.42. The summed E-state index contributed by atoms with van der Waals surface area (Å²) in [5.41, 5.74) is 2.54. The molecule has 3 aromatic carbocycles. The average molecular weight is 698 g/mol. The van der Waals surface area contributed by atoms with E-state index in [0.29, 0.717) is 51.4 Å². The lowest BCUT2D eigenvalue weighted by Crippen LogP contribution is -2.56. The van der Waals surface area contributed by atoms with Crippen molar-refractivity contribution in [3.63, 3.8) is 0 Å². The summed E-state index contributed by atoms with van der Waals surface area (Å²) in [6.45, 7) is 6.08. The summed E-state index contributed by atoms with van der Waals surface area (Å²) in [5, 5.41) is 0. The molecule has 0 unspecified atom stereocenters. The Kier molecular flexibility index (Phi) is 11.8. The molecule has 2 aliphatic heterocycles. The van der Waals surface area contributed by atoms with E-state index in [4.69, 9.17) is 4.74 Å². The number of hydrogen-bond donors (Lipinski definition) is 0. The van der Waals surface area contributed by atoms with Gasteiger partial charge >= 0.3 is 6.18 Å². The number of nitrogens with zero attached hydrogens (tertiary/aromatic N) is 5. The lowest BCUT2D eigenvalue weighted by atomic mass is 10.0. The molecule has 2 amide bonds. The van der Waals surface area contributed by atoms with Crippen molar-refractivity contribution in [1.82, 2.24) is 19.7 Å². The number of rotatable bonds is 11. The van der Waals surface area contributed by atoms with Gasteiger partial charge in [0.1, 0.15) is 11.9 Å². The molecule has 0 radical (unpaired) electrons. The first kappa shape index (κ1) is 35.8. The Morgan fingerprint density at radius 1 is 0.784 bits per heavy atom. The number of amides is 2. The minimum atomic E-state index is -4.46. The van der Waals surface area contributed by atoms with Gasteiger partial charge in [-0.25, -0.2) is 4.98 Å². The van der Waals surface area contributed by atoms with Gasteiger partial charge in [0, 0.05) is 71.1 Å². The van der Waals surface area contributed by atoms with Crippen molar-refractivity contribution in [3.8, 4) is 0 Å². The summed E-state index contributed by atoms with van der Waals surface area (Å²) in [5.74, 6) is 0.240. The summed E-state index contributed by atoms with van der Waals surface area (Å²) in [7, 11) is 0. The van der Waals surface area contributed by atoms with E-state index in [0.717, 1.165) is 48.7 Å². The molecular weight excluding hydrogens is 655 g/mol. The van der Waals surface area contributed by atoms with Gasteiger partial charge in [0.15, 0.2) is 0 Å². The molecular formula is C40H42F3N5O3. The molecule has 8 nitrogen and oxygen atoms in total. The molecule has 0 bridgehead atoms. The van der Waals surface area contributed by atoms with Gasteiger partial charge in [-0.1, -0.05) is 78.9 Å². The molecule has 2 fully saturated rings. The van der Waals surface area contributed by atoms with Crippen LogP contribution in [0.4, 0.5) is 19.0 Å². The van der Waals surface area contributed by atoms with E-state index in [1.165, 1.54) is 29.8 Å². The molecule has 266 valence electrons. The zero-order valence-electron chi connectivity index (χ0n) is 28.4. The van der Waals surface area contributed by atoms with Crippen LogP contribution in [-0.2, 0) is 40.0 Å². The Labute approximate surface area is 296 Å². The summed E-state index contributed by atoms with van der Waals surface area (Å²) in [6.07, 6.45) is 0.390. The lowest BCUT2D eigenvalue weighted by molar-refractivity contribution is -0.145. The summed E-state index contributed by atoms with van der Waals surface area (Å²) < 4.78 is 45.0. The maximum absolute atomic E-state index is 14.5. The van der Waals surface area contributed by atoms with Crippen molar-refractivity contribution in [2.45, 2.75) is 31.7 Å². The third-order valence-electron chi connectivity index (χ3n) is 9.30. The smallest absolute Gasteiger partial charge is 0.378 e. The standard InChI is InChI=1S/C40H42F3N5O3/c41-40(42,43)35-15-11-31(12-16-35)14-18-38(49)48(30-34-13-17-37(44-28-34)46-23-25-51-26-24-46)36(27-32-7-3-1-4-8-32)39(50)47-21-19-45(20-22-47)29-33-9-5-2-6-10-33/h1-18,28,36H,19-27,29-30H2/t36-/m0/s1. The molecule has 51 heavy (non-hydrogen) atoms. The van der Waals surface area contributed by atoms with Crippen LogP contribution in [0.1, 0.15) is 27.8 Å². The van der Waals surface area contributed by atoms with E-state index in [-0.39, 0.29) is 12.5 Å². The number of anilines is 1. The van der Waals surface area contributed by atoms with Crippen molar-refractivity contribution >= 4 is 23.7 Å². The molecule has 1 atom stereocenters. The average Bonchev–Trinajstić information content (AvgIpc) is 3.16. The number of morpholine rings is 1. The van der Waals surface area contributed by atoms with Gasteiger partial charge in [0.05, 0.1) is 18.8 Å². The summed E-state index contributed by atoms with van der Waals surface area (Å²) >= 11 is 0. The Hall–Kier alpha value is -5.00. The van der Waals surface area contributed by atoms with E-state index < -0.39 is 23.7 Å². The van der Waals surface area contributed by atoms with E-state index in [1.807, 2.05) is 65.6 Å². The van der Waals surface area contributed by atoms with Crippen molar-refractivity contribution in [2.24, 2.45) is 0 Å². The number of aromatic nitrogens is 1. The fourth-order valence-electron chi connectivity index (χ4n) is 6.42. The van der Waals surface area contributed by atoms with Crippen LogP contribution < -0.4 is 4.90 Å². The van der Waals surface area contributed by atoms with Crippen molar-refractivity contribution in [3.05, 3.63) is 137 Å². The Balaban J connectivity index is 1.26. The molecule has 11 heteroatoms. The van der Waals surface area contributed by atoms with Gasteiger partial charge in [-0.2, -0.15) is 13.2 Å². The number of alkyl halides is 3. The SMILES string of the molecule is O=C([C@H](Cc1ccccc1)N(Cc1ccc(N2CCOCC2)nc1)C(=O)C=Cc1ccc(C(F)(F)F)cc1)N1CCN(Cc2ccccc2)CC1. The van der Waals surface area contributed by atoms with Crippen LogP contribution in [0.5, 0.6) is 0 Å². The zero-order chi connectivity index (χ0) is 35.6. The maximum atomic E-state index is 14.5. The van der Waals surface area contributed by atoms with Crippen LogP contribution in [-0.4, -0.2) is 90.0 Å². The van der Waals surface area contributed by atoms with Crippen molar-refractivity contribution in [2.75, 3.05) is 57.4 Å². The van der Waals surface area contributed by atoms with E-state index in [9.17, 15) is 22.8 Å². The number of hydrogen-bond acceptors (Lipinski definition) is 6. The second kappa shape index (κ2) is 16.8. The first-order valence-corrected chi connectivity index (χ1v) is 17.3. The molecule has 0 saturated carbocycles. The van der Waals surface area contributed by atoms with Gasteiger partial charge in [-0.05, 0) is 46.5 Å². The Morgan fingerprint density at radius 2 is 1.43 bits per heavy atom. The molecule has 1 aromatic heterocycles. The Bertz CT molecular complexity index is 1740. The zero-order valence-corrected chi connectivity index (χ0v) is 28.4. The normalized spacial score (nSPS) is 16.3. The van der Waals surface area contributed by atoms with E-state index in [2.05, 4.69) is 26.9 Å². The Morgan fingerprint density at radius 3 is 2.04 bits per heavy atom. The van der Waals surface area contributed by atoms with Gasteiger partial charge in [-0.3, -0.25) is 14.5 Å². The number of halogens is 3. The quantitative estimate of drug-likeness (QED) is 0.181. The molecule has 0 spiro atoms. The van der Waals surface area contributed by atoms with E-state index >= 15 is 0 Å². The number of benzene rings is 3. The number of carbonyl (C=O) groups excluding carboxylic acids is 2. The van der Waals surface area contributed by atoms with E-state index in [1.54, 1.807) is 11.1 Å². The third kappa shape index (κ3) is 9.83. The number of carbonyl (C=O) groups is 2. The van der Waals surface area contributed by atoms with Gasteiger partial charge in [0.2, 0.25) is 11.8 Å². The van der Waals surface area contributed by atoms with Crippen molar-refractivity contribution < 1.29 is 27.5 Å². The highest BCUT2D eigenvalue weighted by molar-refractivity contribution is 5.95. The highest BCUT2D eigenvalue weighted by Crippen LogP contribution is 2.29. The van der Waals surface area contributed by atoms with Crippen LogP contribution in [0, 0.1) is 0 Å². The molecule has 2 saturated heterocycles. The maximum Gasteiger partial charge on any atom is 0.416 e. The first-order chi connectivity index (χ1) is 24.7. The topological polar surface area (TPSA) is 69.2 Å². The van der Waals surface area contributed by atoms with Crippen LogP contribution in [0.3, 0.4) is 0 Å². The van der Waals surface area contributed by atoms with Gasteiger partial charge in [0.25, 0.3) is 0 Å². The highest BCUT2D eigenvalue weighted by atomic mass is 19.4. The van der Waals surface area contributed by atoms with Crippen LogP contribution in [0.15, 0.2) is 109 Å². The van der Waals surface area contributed by atoms with Gasteiger partial charge < -0.3 is 19.4 Å². The second-order valence-corrected chi connectivity index (χ2v) is 12.8. The predicted molar refractivity (Wildman–Crippen MR) is 191 cm³/mol. The third-order valence-corrected chi connectivity index (χ3v) is 9.30. The first-order valence-electron chi connectivity index (χ1n) is 17.3. The molecule has 4 aromatic rings. The number of ether oxygens (including phenoxy) is 1. The van der Waals surface area contributed by atoms with Crippen LogP contribution in [0.2, 0.25) is 0 Å². The minimum absolute atomic E-state index is 0.115. The largest absolute Gasteiger partial charge is 0.416 e. The molecule has 0 N–H and O–H groups in total. The summed E-state index contributed by atoms with van der Waals surface area (Å²) in [6, 6.07) is 27.5. The number of pyridine rings is 1. The predicted octanol–water partition coefficient (Wildman–Crippen LogP) is 5.93. The summed E-state index contributed by atoms with van der Waals surface area (Å²) in [4.78, 5) is 41.2. The molecule has 0 aliphatic carbocycles.